The van der Waals surface area contributed by atoms with Crippen molar-refractivity contribution >= 4 is 11.6 Å². The van der Waals surface area contributed by atoms with Gasteiger partial charge in [0.2, 0.25) is 0 Å². The maximum Gasteiger partial charge on any atom is 0.158 e. The fourth-order valence-electron chi connectivity index (χ4n) is 1.56. The molecule has 20 heavy (non-hydrogen) atoms. The molecule has 0 amide bonds. The van der Waals surface area contributed by atoms with Crippen LogP contribution in [0, 0.1) is 5.92 Å². The fraction of sp³-hybridized carbons (Fsp3) is 0.714. The van der Waals surface area contributed by atoms with E-state index in [1.165, 1.54) is 0 Å². The molecule has 0 aliphatic rings. The third kappa shape index (κ3) is 5.71. The first-order valence-electron chi connectivity index (χ1n) is 7.18. The Bertz CT molecular complexity index is 399. The van der Waals surface area contributed by atoms with E-state index < -0.39 is 6.10 Å². The molecular formula is C14H26N4O2. The maximum atomic E-state index is 9.82. The van der Waals surface area contributed by atoms with E-state index in [0.717, 1.165) is 12.4 Å². The van der Waals surface area contributed by atoms with Crippen molar-refractivity contribution in [2.45, 2.75) is 40.4 Å². The second-order valence-corrected chi connectivity index (χ2v) is 4.91. The van der Waals surface area contributed by atoms with Crippen LogP contribution in [0.3, 0.4) is 0 Å². The summed E-state index contributed by atoms with van der Waals surface area (Å²) in [6.45, 7) is 10.2. The molecule has 0 radical (unpaired) electrons. The Kier molecular flexibility index (Phi) is 7.25. The van der Waals surface area contributed by atoms with E-state index in [-0.39, 0.29) is 5.92 Å². The van der Waals surface area contributed by atoms with Gasteiger partial charge in [0.25, 0.3) is 0 Å². The number of nitrogens with zero attached hydrogens (tertiary/aromatic N) is 2. The van der Waals surface area contributed by atoms with Crippen molar-refractivity contribution in [1.82, 2.24) is 9.97 Å². The Balaban J connectivity index is 2.74. The molecule has 0 aromatic carbocycles. The summed E-state index contributed by atoms with van der Waals surface area (Å²) in [7, 11) is 0. The van der Waals surface area contributed by atoms with E-state index in [1.54, 1.807) is 0 Å². The molecule has 1 rings (SSSR count). The summed E-state index contributed by atoms with van der Waals surface area (Å²) in [5, 5.41) is 16.1. The van der Waals surface area contributed by atoms with Crippen LogP contribution in [-0.4, -0.2) is 40.9 Å². The Hall–Kier alpha value is -1.40. The Morgan fingerprint density at radius 3 is 2.40 bits per heavy atom. The maximum absolute atomic E-state index is 9.82. The van der Waals surface area contributed by atoms with Crippen LogP contribution in [0.4, 0.5) is 11.6 Å². The Morgan fingerprint density at radius 1 is 1.20 bits per heavy atom. The predicted octanol–water partition coefficient (Wildman–Crippen LogP) is 1.87. The molecule has 0 bridgehead atoms. The third-order valence-electron chi connectivity index (χ3n) is 2.83. The van der Waals surface area contributed by atoms with Gasteiger partial charge in [0.15, 0.2) is 5.82 Å². The van der Waals surface area contributed by atoms with E-state index >= 15 is 0 Å². The number of anilines is 2. The Morgan fingerprint density at radius 2 is 1.85 bits per heavy atom. The fourth-order valence-corrected chi connectivity index (χ4v) is 1.56. The lowest BCUT2D eigenvalue weighted by molar-refractivity contribution is 0.128. The van der Waals surface area contributed by atoms with E-state index in [2.05, 4.69) is 20.6 Å². The number of hydrogen-bond donors (Lipinski definition) is 3. The van der Waals surface area contributed by atoms with Crippen LogP contribution in [0.15, 0.2) is 6.07 Å². The minimum Gasteiger partial charge on any atom is -0.391 e. The average Bonchev–Trinajstić information content (AvgIpc) is 2.42. The number of hydrogen-bond acceptors (Lipinski definition) is 6. The molecule has 1 heterocycles. The van der Waals surface area contributed by atoms with Gasteiger partial charge in [0.05, 0.1) is 6.10 Å². The molecule has 1 unspecified atom stereocenters. The van der Waals surface area contributed by atoms with Gasteiger partial charge in [-0.25, -0.2) is 9.97 Å². The van der Waals surface area contributed by atoms with Crippen molar-refractivity contribution < 1.29 is 9.84 Å². The predicted molar refractivity (Wildman–Crippen MR) is 80.9 cm³/mol. The monoisotopic (exact) mass is 282 g/mol. The van der Waals surface area contributed by atoms with Gasteiger partial charge in [-0.05, 0) is 19.8 Å². The third-order valence-corrected chi connectivity index (χ3v) is 2.83. The first-order chi connectivity index (χ1) is 9.56. The minimum atomic E-state index is -0.400. The van der Waals surface area contributed by atoms with Crippen molar-refractivity contribution in [1.29, 1.82) is 0 Å². The van der Waals surface area contributed by atoms with Crippen LogP contribution in [0.5, 0.6) is 0 Å². The number of ether oxygens (including phenoxy) is 1. The SMILES string of the molecule is CCNc1cc(NCC(O)C(C)C)nc(COCC)n1. The summed E-state index contributed by atoms with van der Waals surface area (Å²) < 4.78 is 5.34. The van der Waals surface area contributed by atoms with Crippen LogP contribution in [0.1, 0.15) is 33.5 Å². The summed E-state index contributed by atoms with van der Waals surface area (Å²) in [6.07, 6.45) is -0.400. The topological polar surface area (TPSA) is 79.3 Å². The largest absolute Gasteiger partial charge is 0.391 e. The lowest BCUT2D eigenvalue weighted by Crippen LogP contribution is -2.25. The van der Waals surface area contributed by atoms with Crippen LogP contribution in [0.25, 0.3) is 0 Å². The van der Waals surface area contributed by atoms with Crippen LogP contribution in [0.2, 0.25) is 0 Å². The smallest absolute Gasteiger partial charge is 0.158 e. The molecule has 114 valence electrons. The number of aliphatic hydroxyl groups is 1. The van der Waals surface area contributed by atoms with Crippen LogP contribution >= 0.6 is 0 Å². The molecule has 0 saturated heterocycles. The molecule has 0 fully saturated rings. The zero-order valence-corrected chi connectivity index (χ0v) is 12.8. The number of aromatic nitrogens is 2. The molecule has 6 heteroatoms. The molecule has 1 atom stereocenters. The quantitative estimate of drug-likeness (QED) is 0.642. The zero-order chi connectivity index (χ0) is 15.0. The summed E-state index contributed by atoms with van der Waals surface area (Å²) in [4.78, 5) is 8.76. The van der Waals surface area contributed by atoms with Crippen LogP contribution in [-0.2, 0) is 11.3 Å². The second kappa shape index (κ2) is 8.71. The highest BCUT2D eigenvalue weighted by Gasteiger charge is 2.10. The van der Waals surface area contributed by atoms with Gasteiger partial charge in [0, 0.05) is 25.8 Å². The molecule has 0 spiro atoms. The zero-order valence-electron chi connectivity index (χ0n) is 12.8. The highest BCUT2D eigenvalue weighted by molar-refractivity contribution is 5.47. The van der Waals surface area contributed by atoms with E-state index in [4.69, 9.17) is 4.74 Å². The highest BCUT2D eigenvalue weighted by Crippen LogP contribution is 2.13. The van der Waals surface area contributed by atoms with Crippen molar-refractivity contribution in [2.75, 3.05) is 30.3 Å². The normalized spacial score (nSPS) is 12.5. The lowest BCUT2D eigenvalue weighted by Gasteiger charge is -2.16. The summed E-state index contributed by atoms with van der Waals surface area (Å²) in [6, 6.07) is 1.84. The average molecular weight is 282 g/mol. The minimum absolute atomic E-state index is 0.209. The van der Waals surface area contributed by atoms with E-state index in [9.17, 15) is 5.11 Å². The second-order valence-electron chi connectivity index (χ2n) is 4.91. The highest BCUT2D eigenvalue weighted by atomic mass is 16.5. The van der Waals surface area contributed by atoms with Gasteiger partial charge in [-0.2, -0.15) is 0 Å². The van der Waals surface area contributed by atoms with Crippen molar-refractivity contribution in [3.05, 3.63) is 11.9 Å². The van der Waals surface area contributed by atoms with Gasteiger partial charge in [-0.15, -0.1) is 0 Å². The molecule has 1 aromatic heterocycles. The van der Waals surface area contributed by atoms with Crippen molar-refractivity contribution in [2.24, 2.45) is 5.92 Å². The lowest BCUT2D eigenvalue weighted by atomic mass is 10.1. The first kappa shape index (κ1) is 16.7. The van der Waals surface area contributed by atoms with Gasteiger partial charge >= 0.3 is 0 Å². The molecule has 3 N–H and O–H groups in total. The van der Waals surface area contributed by atoms with E-state index in [0.29, 0.717) is 31.4 Å². The molecule has 6 nitrogen and oxygen atoms in total. The van der Waals surface area contributed by atoms with Gasteiger partial charge in [-0.3, -0.25) is 0 Å². The molecule has 0 aliphatic carbocycles. The Labute approximate surface area is 121 Å². The number of nitrogens with one attached hydrogen (secondary N) is 2. The number of rotatable bonds is 9. The van der Waals surface area contributed by atoms with E-state index in [1.807, 2.05) is 33.8 Å². The molecule has 1 aromatic rings. The molecule has 0 saturated carbocycles. The van der Waals surface area contributed by atoms with Crippen LogP contribution < -0.4 is 10.6 Å². The summed E-state index contributed by atoms with van der Waals surface area (Å²) in [5.74, 6) is 2.30. The molecular weight excluding hydrogens is 256 g/mol. The van der Waals surface area contributed by atoms with Crippen molar-refractivity contribution in [3.63, 3.8) is 0 Å². The van der Waals surface area contributed by atoms with Crippen molar-refractivity contribution in [3.8, 4) is 0 Å². The molecule has 0 aliphatic heterocycles. The standard InChI is InChI=1S/C14H26N4O2/c1-5-15-12-7-13(16-8-11(19)10(3)4)18-14(17-12)9-20-6-2/h7,10-11,19H,5-6,8-9H2,1-4H3,(H2,15,16,17,18). The van der Waals surface area contributed by atoms with Gasteiger partial charge in [0.1, 0.15) is 18.2 Å². The summed E-state index contributed by atoms with van der Waals surface area (Å²) in [5.41, 5.74) is 0. The van der Waals surface area contributed by atoms with Gasteiger partial charge < -0.3 is 20.5 Å². The summed E-state index contributed by atoms with van der Waals surface area (Å²) >= 11 is 0. The number of aliphatic hydroxyl groups excluding tert-OH is 1. The first-order valence-corrected chi connectivity index (χ1v) is 7.18. The van der Waals surface area contributed by atoms with Gasteiger partial charge in [-0.1, -0.05) is 13.8 Å².